The number of rotatable bonds is 6. The Hall–Kier alpha value is -2.58. The number of unbranched alkanes of at least 4 members (excludes halogenated alkanes) is 1. The van der Waals surface area contributed by atoms with Gasteiger partial charge in [-0.2, -0.15) is 0 Å². The Kier molecular flexibility index (Phi) is 6.31. The molecule has 5 nitrogen and oxygen atoms in total. The number of anilines is 1. The minimum Gasteiger partial charge on any atom is -0.494 e. The van der Waals surface area contributed by atoms with Crippen molar-refractivity contribution >= 4 is 49.9 Å². The van der Waals surface area contributed by atoms with E-state index in [-0.39, 0.29) is 16.8 Å². The molecule has 140 valence electrons. The molecule has 0 unspecified atom stereocenters. The molecule has 0 aliphatic carbocycles. The summed E-state index contributed by atoms with van der Waals surface area (Å²) in [5.41, 5.74) is 1.13. The SMILES string of the molecule is CCCCOc1ccc(C(=O)NC(=S)Nc2nc3ccc(F)cc3s2)cc1. The number of benzene rings is 2. The monoisotopic (exact) mass is 403 g/mol. The van der Waals surface area contributed by atoms with Gasteiger partial charge in [0.25, 0.3) is 5.91 Å². The van der Waals surface area contributed by atoms with Gasteiger partial charge >= 0.3 is 0 Å². The highest BCUT2D eigenvalue weighted by molar-refractivity contribution is 7.80. The summed E-state index contributed by atoms with van der Waals surface area (Å²) in [6.07, 6.45) is 2.05. The minimum atomic E-state index is -0.334. The predicted octanol–water partition coefficient (Wildman–Crippen LogP) is 4.74. The highest BCUT2D eigenvalue weighted by atomic mass is 32.1. The molecule has 0 spiro atoms. The highest BCUT2D eigenvalue weighted by Gasteiger charge is 2.11. The second-order valence-electron chi connectivity index (χ2n) is 5.77. The Morgan fingerprint density at radius 3 is 2.78 bits per heavy atom. The van der Waals surface area contributed by atoms with E-state index in [0.717, 1.165) is 18.6 Å². The highest BCUT2D eigenvalue weighted by Crippen LogP contribution is 2.26. The molecular weight excluding hydrogens is 385 g/mol. The molecule has 1 amide bonds. The van der Waals surface area contributed by atoms with E-state index < -0.39 is 0 Å². The molecular formula is C19H18FN3O2S2. The minimum absolute atomic E-state index is 0.128. The standard InChI is InChI=1S/C19H18FN3O2S2/c1-2-3-10-25-14-7-4-12(5-8-14)17(24)22-18(26)23-19-21-15-9-6-13(20)11-16(15)27-19/h4-9,11H,2-3,10H2,1H3,(H2,21,22,23,24,26). The Labute approximate surface area is 165 Å². The third-order valence-corrected chi connectivity index (χ3v) is 4.82. The number of fused-ring (bicyclic) bond motifs is 1. The zero-order valence-electron chi connectivity index (χ0n) is 14.6. The molecule has 0 atom stereocenters. The van der Waals surface area contributed by atoms with Crippen molar-refractivity contribution in [2.75, 3.05) is 11.9 Å². The van der Waals surface area contributed by atoms with Crippen LogP contribution in [-0.2, 0) is 0 Å². The predicted molar refractivity (Wildman–Crippen MR) is 110 cm³/mol. The van der Waals surface area contributed by atoms with Crippen LogP contribution in [0.1, 0.15) is 30.1 Å². The van der Waals surface area contributed by atoms with Gasteiger partial charge < -0.3 is 10.1 Å². The van der Waals surface area contributed by atoms with Crippen molar-refractivity contribution in [1.29, 1.82) is 0 Å². The number of halogens is 1. The van der Waals surface area contributed by atoms with Gasteiger partial charge in [-0.15, -0.1) is 0 Å². The molecule has 0 aliphatic heterocycles. The van der Waals surface area contributed by atoms with E-state index in [1.54, 1.807) is 30.3 Å². The zero-order chi connectivity index (χ0) is 19.2. The van der Waals surface area contributed by atoms with Crippen molar-refractivity contribution in [2.45, 2.75) is 19.8 Å². The van der Waals surface area contributed by atoms with E-state index in [4.69, 9.17) is 17.0 Å². The van der Waals surface area contributed by atoms with Gasteiger partial charge in [-0.1, -0.05) is 24.7 Å². The molecule has 0 fully saturated rings. The number of thiocarbonyl (C=S) groups is 1. The van der Waals surface area contributed by atoms with E-state index in [1.807, 2.05) is 0 Å². The summed E-state index contributed by atoms with van der Waals surface area (Å²) in [6, 6.07) is 11.2. The van der Waals surface area contributed by atoms with E-state index in [2.05, 4.69) is 22.5 Å². The topological polar surface area (TPSA) is 63.2 Å². The number of amides is 1. The lowest BCUT2D eigenvalue weighted by molar-refractivity contribution is 0.0977. The van der Waals surface area contributed by atoms with Gasteiger partial charge in [-0.05, 0) is 61.1 Å². The molecule has 2 aromatic carbocycles. The summed E-state index contributed by atoms with van der Waals surface area (Å²) in [4.78, 5) is 16.6. The van der Waals surface area contributed by atoms with Crippen LogP contribution < -0.4 is 15.4 Å². The average Bonchev–Trinajstić information content (AvgIpc) is 3.03. The lowest BCUT2D eigenvalue weighted by Crippen LogP contribution is -2.34. The first-order valence-electron chi connectivity index (χ1n) is 8.46. The second-order valence-corrected chi connectivity index (χ2v) is 7.20. The van der Waals surface area contributed by atoms with Crippen LogP contribution in [0.5, 0.6) is 5.75 Å². The van der Waals surface area contributed by atoms with E-state index in [0.29, 0.717) is 27.5 Å². The van der Waals surface area contributed by atoms with Crippen LogP contribution in [0, 0.1) is 5.82 Å². The fourth-order valence-corrected chi connectivity index (χ4v) is 3.44. The number of nitrogens with zero attached hydrogens (tertiary/aromatic N) is 1. The first-order chi connectivity index (χ1) is 13.0. The van der Waals surface area contributed by atoms with Crippen LogP contribution in [-0.4, -0.2) is 22.6 Å². The lowest BCUT2D eigenvalue weighted by Gasteiger charge is -2.08. The quantitative estimate of drug-likeness (QED) is 0.460. The van der Waals surface area contributed by atoms with Crippen molar-refractivity contribution in [1.82, 2.24) is 10.3 Å². The number of thiazole rings is 1. The summed E-state index contributed by atoms with van der Waals surface area (Å²) in [7, 11) is 0. The summed E-state index contributed by atoms with van der Waals surface area (Å²) >= 11 is 6.42. The largest absolute Gasteiger partial charge is 0.494 e. The Bertz CT molecular complexity index is 957. The molecule has 27 heavy (non-hydrogen) atoms. The van der Waals surface area contributed by atoms with Gasteiger partial charge in [-0.25, -0.2) is 9.37 Å². The maximum atomic E-state index is 13.3. The van der Waals surface area contributed by atoms with Gasteiger partial charge in [0.1, 0.15) is 11.6 Å². The molecule has 0 saturated carbocycles. The third-order valence-electron chi connectivity index (χ3n) is 3.68. The second kappa shape index (κ2) is 8.88. The Morgan fingerprint density at radius 1 is 1.26 bits per heavy atom. The molecule has 0 saturated heterocycles. The number of nitrogens with one attached hydrogen (secondary N) is 2. The number of hydrogen-bond donors (Lipinski definition) is 2. The maximum absolute atomic E-state index is 13.3. The first-order valence-corrected chi connectivity index (χ1v) is 9.69. The van der Waals surface area contributed by atoms with Gasteiger partial charge in [0.15, 0.2) is 10.2 Å². The molecule has 3 rings (SSSR count). The van der Waals surface area contributed by atoms with Gasteiger partial charge in [-0.3, -0.25) is 10.1 Å². The van der Waals surface area contributed by atoms with Crippen molar-refractivity contribution in [2.24, 2.45) is 0 Å². The molecule has 0 radical (unpaired) electrons. The van der Waals surface area contributed by atoms with Crippen molar-refractivity contribution in [3.8, 4) is 5.75 Å². The lowest BCUT2D eigenvalue weighted by atomic mass is 10.2. The molecule has 1 aromatic heterocycles. The van der Waals surface area contributed by atoms with Gasteiger partial charge in [0, 0.05) is 5.56 Å². The molecule has 8 heteroatoms. The maximum Gasteiger partial charge on any atom is 0.257 e. The number of hydrogen-bond acceptors (Lipinski definition) is 5. The fraction of sp³-hybridized carbons (Fsp3) is 0.211. The van der Waals surface area contributed by atoms with Crippen LogP contribution in [0.3, 0.4) is 0 Å². The molecule has 3 aromatic rings. The van der Waals surface area contributed by atoms with Crippen LogP contribution in [0.4, 0.5) is 9.52 Å². The van der Waals surface area contributed by atoms with Crippen molar-refractivity contribution in [3.63, 3.8) is 0 Å². The summed E-state index contributed by atoms with van der Waals surface area (Å²) in [6.45, 7) is 2.75. The van der Waals surface area contributed by atoms with E-state index in [9.17, 15) is 9.18 Å². The van der Waals surface area contributed by atoms with Crippen LogP contribution in [0.25, 0.3) is 10.2 Å². The summed E-state index contributed by atoms with van der Waals surface area (Å²) in [5.74, 6) is 0.0675. The first kappa shape index (κ1) is 19.2. The van der Waals surface area contributed by atoms with Gasteiger partial charge in [0.2, 0.25) is 0 Å². The van der Waals surface area contributed by atoms with Crippen molar-refractivity contribution in [3.05, 3.63) is 53.8 Å². The molecule has 0 bridgehead atoms. The fourth-order valence-electron chi connectivity index (χ4n) is 2.29. The summed E-state index contributed by atoms with van der Waals surface area (Å²) in [5, 5.41) is 6.08. The van der Waals surface area contributed by atoms with E-state index >= 15 is 0 Å². The van der Waals surface area contributed by atoms with Crippen LogP contribution in [0.2, 0.25) is 0 Å². The Balaban J connectivity index is 1.57. The number of ether oxygens (including phenoxy) is 1. The Morgan fingerprint density at radius 2 is 2.04 bits per heavy atom. The summed E-state index contributed by atoms with van der Waals surface area (Å²) < 4.78 is 19.5. The van der Waals surface area contributed by atoms with Crippen molar-refractivity contribution < 1.29 is 13.9 Å². The molecule has 2 N–H and O–H groups in total. The zero-order valence-corrected chi connectivity index (χ0v) is 16.3. The van der Waals surface area contributed by atoms with Crippen LogP contribution in [0.15, 0.2) is 42.5 Å². The molecule has 0 aliphatic rings. The average molecular weight is 404 g/mol. The van der Waals surface area contributed by atoms with Gasteiger partial charge in [0.05, 0.1) is 16.8 Å². The smallest absolute Gasteiger partial charge is 0.257 e. The van der Waals surface area contributed by atoms with E-state index in [1.165, 1.54) is 23.5 Å². The number of aromatic nitrogens is 1. The number of carbonyl (C=O) groups is 1. The molecule has 1 heterocycles. The third kappa shape index (κ3) is 5.21. The number of carbonyl (C=O) groups excluding carboxylic acids is 1. The normalized spacial score (nSPS) is 10.6. The van der Waals surface area contributed by atoms with Crippen LogP contribution >= 0.6 is 23.6 Å².